The minimum absolute atomic E-state index is 0.124. The van der Waals surface area contributed by atoms with E-state index in [1.54, 1.807) is 12.1 Å². The molecule has 0 amide bonds. The van der Waals surface area contributed by atoms with Crippen LogP contribution in [-0.4, -0.2) is 51.2 Å². The number of carbonyl (C=O) groups excluding carboxylic acids is 1. The number of hydrogen-bond acceptors (Lipinski definition) is 6. The summed E-state index contributed by atoms with van der Waals surface area (Å²) in [5, 5.41) is 3.92. The predicted molar refractivity (Wildman–Crippen MR) is 73.2 cm³/mol. The van der Waals surface area contributed by atoms with Gasteiger partial charge in [-0.2, -0.15) is 0 Å². The number of sulfone groups is 1. The van der Waals surface area contributed by atoms with Crippen molar-refractivity contribution in [3.8, 4) is 11.3 Å². The maximum absolute atomic E-state index is 12.2. The van der Waals surface area contributed by atoms with Gasteiger partial charge in [-0.05, 0) is 0 Å². The van der Waals surface area contributed by atoms with Crippen molar-refractivity contribution >= 4 is 30.5 Å². The zero-order valence-electron chi connectivity index (χ0n) is 10.9. The fourth-order valence-corrected chi connectivity index (χ4v) is 4.86. The van der Waals surface area contributed by atoms with Crippen molar-refractivity contribution in [2.75, 3.05) is 12.9 Å². The van der Waals surface area contributed by atoms with E-state index < -0.39 is 36.3 Å². The van der Waals surface area contributed by atoms with Crippen LogP contribution in [0.5, 0.6) is 0 Å². The molecule has 1 aromatic heterocycles. The number of nitrogens with zero attached hydrogens (tertiary/aromatic N) is 2. The summed E-state index contributed by atoms with van der Waals surface area (Å²) in [7, 11) is -2.58. The molecule has 0 radical (unpaired) electrons. The van der Waals surface area contributed by atoms with Crippen molar-refractivity contribution in [3.63, 3.8) is 0 Å². The van der Waals surface area contributed by atoms with Crippen LogP contribution in [0.4, 0.5) is 0 Å². The van der Waals surface area contributed by atoms with Gasteiger partial charge in [-0.3, -0.25) is 0 Å². The first-order valence-electron chi connectivity index (χ1n) is 5.63. The van der Waals surface area contributed by atoms with Crippen molar-refractivity contribution < 1.29 is 17.9 Å². The van der Waals surface area contributed by atoms with Crippen molar-refractivity contribution in [1.82, 2.24) is 9.19 Å². The quantitative estimate of drug-likeness (QED) is 0.582. The number of ether oxygens (including phenoxy) is 1. The fourth-order valence-electron chi connectivity index (χ4n) is 1.55. The van der Waals surface area contributed by atoms with Crippen LogP contribution in [0.25, 0.3) is 11.3 Å². The van der Waals surface area contributed by atoms with Crippen molar-refractivity contribution in [3.05, 3.63) is 29.8 Å². The second-order valence-corrected chi connectivity index (χ2v) is 8.20. The summed E-state index contributed by atoms with van der Waals surface area (Å²) in [5.41, 5.74) is 2.07. The Bertz CT molecular complexity index is 722. The summed E-state index contributed by atoms with van der Waals surface area (Å²) in [5.74, 6) is -1.47. The van der Waals surface area contributed by atoms with E-state index in [4.69, 9.17) is 0 Å². The average Bonchev–Trinajstić information content (AvgIpc) is 2.89. The van der Waals surface area contributed by atoms with E-state index in [2.05, 4.69) is 13.9 Å². The van der Waals surface area contributed by atoms with E-state index >= 15 is 0 Å². The van der Waals surface area contributed by atoms with Gasteiger partial charge in [-0.15, -0.1) is 0 Å². The second kappa shape index (κ2) is 5.87. The Morgan fingerprint density at radius 2 is 1.95 bits per heavy atom. The van der Waals surface area contributed by atoms with Crippen molar-refractivity contribution in [1.29, 1.82) is 0 Å². The summed E-state index contributed by atoms with van der Waals surface area (Å²) in [6.07, 6.45) is 0. The Kier molecular flexibility index (Phi) is 4.37. The van der Waals surface area contributed by atoms with Gasteiger partial charge in [0.15, 0.2) is 0 Å². The Labute approximate surface area is 122 Å². The minimum atomic E-state index is -3.73. The molecule has 0 atom stereocenters. The first-order valence-corrected chi connectivity index (χ1v) is 8.90. The molecule has 0 spiro atoms. The Morgan fingerprint density at radius 1 is 1.30 bits per heavy atom. The van der Waals surface area contributed by atoms with Gasteiger partial charge in [0.05, 0.1) is 0 Å². The Morgan fingerprint density at radius 3 is 2.55 bits per heavy atom. The Hall–Kier alpha value is -1.50. The van der Waals surface area contributed by atoms with E-state index in [1.165, 1.54) is 0 Å². The number of hydrogen-bond donors (Lipinski definition) is 0. The maximum atomic E-state index is 12.2. The summed E-state index contributed by atoms with van der Waals surface area (Å²) >= 11 is -0.632. The van der Waals surface area contributed by atoms with Crippen LogP contribution >= 0.6 is 0 Å². The fraction of sp³-hybridized carbons (Fsp3) is 0.250. The summed E-state index contributed by atoms with van der Waals surface area (Å²) in [4.78, 5) is 11.2. The molecule has 0 fully saturated rings. The first kappa shape index (κ1) is 14.9. The number of benzene rings is 1. The van der Waals surface area contributed by atoms with Crippen LogP contribution < -0.4 is 0 Å². The van der Waals surface area contributed by atoms with Crippen LogP contribution in [0, 0.1) is 6.92 Å². The molecule has 20 heavy (non-hydrogen) atoms. The molecule has 0 N–H and O–H groups in total. The topological polar surface area (TPSA) is 86.2 Å². The van der Waals surface area contributed by atoms with Gasteiger partial charge >= 0.3 is 122 Å². The molecule has 1 aromatic carbocycles. The van der Waals surface area contributed by atoms with Gasteiger partial charge in [0, 0.05) is 0 Å². The molecule has 106 valence electrons. The van der Waals surface area contributed by atoms with E-state index in [1.807, 2.05) is 19.1 Å². The molecule has 1 heterocycles. The van der Waals surface area contributed by atoms with Crippen LogP contribution in [0.2, 0.25) is 0 Å². The normalized spacial score (nSPS) is 11.3. The second-order valence-electron chi connectivity index (χ2n) is 4.11. The SMILES string of the molecule is COC(=O)CS(=O)(=O)c1[se]nnc1-c1ccc(C)cc1. The van der Waals surface area contributed by atoms with Gasteiger partial charge in [-0.1, -0.05) is 0 Å². The summed E-state index contributed by atoms with van der Waals surface area (Å²) < 4.78 is 32.7. The summed E-state index contributed by atoms with van der Waals surface area (Å²) in [6, 6.07) is 7.32. The monoisotopic (exact) mass is 360 g/mol. The van der Waals surface area contributed by atoms with E-state index in [-0.39, 0.29) is 3.77 Å². The zero-order chi connectivity index (χ0) is 14.8. The number of aryl methyl sites for hydroxylation is 1. The molecule has 0 saturated carbocycles. The van der Waals surface area contributed by atoms with Gasteiger partial charge in [0.25, 0.3) is 0 Å². The molecule has 2 rings (SSSR count). The molecule has 0 saturated heterocycles. The Balaban J connectivity index is 2.43. The average molecular weight is 359 g/mol. The third-order valence-electron chi connectivity index (χ3n) is 2.60. The summed E-state index contributed by atoms with van der Waals surface area (Å²) in [6.45, 7) is 1.94. The third kappa shape index (κ3) is 3.15. The van der Waals surface area contributed by atoms with E-state index in [0.717, 1.165) is 12.7 Å². The van der Waals surface area contributed by atoms with Gasteiger partial charge in [-0.25, -0.2) is 0 Å². The van der Waals surface area contributed by atoms with Gasteiger partial charge < -0.3 is 0 Å². The van der Waals surface area contributed by atoms with Crippen molar-refractivity contribution in [2.24, 2.45) is 0 Å². The van der Waals surface area contributed by atoms with E-state index in [9.17, 15) is 13.2 Å². The molecular weight excluding hydrogens is 347 g/mol. The van der Waals surface area contributed by atoms with Crippen LogP contribution in [0.15, 0.2) is 28.0 Å². The molecule has 8 heteroatoms. The molecular formula is C12H12N2O4SSe. The molecule has 0 aliphatic carbocycles. The van der Waals surface area contributed by atoms with Crippen LogP contribution in [0.1, 0.15) is 5.56 Å². The van der Waals surface area contributed by atoms with Crippen LogP contribution in [0.3, 0.4) is 0 Å². The molecule has 2 aromatic rings. The van der Waals surface area contributed by atoms with Crippen LogP contribution in [-0.2, 0) is 19.4 Å². The number of aromatic nitrogens is 2. The zero-order valence-corrected chi connectivity index (χ0v) is 13.4. The first-order chi connectivity index (χ1) is 9.44. The number of carbonyl (C=O) groups is 1. The van der Waals surface area contributed by atoms with Gasteiger partial charge in [0.2, 0.25) is 0 Å². The number of rotatable bonds is 4. The molecule has 6 nitrogen and oxygen atoms in total. The molecule has 0 aliphatic rings. The molecule has 0 bridgehead atoms. The van der Waals surface area contributed by atoms with Crippen molar-refractivity contribution in [2.45, 2.75) is 10.7 Å². The third-order valence-corrected chi connectivity index (χ3v) is 7.06. The standard InChI is InChI=1S/C12H12N2O4SSe/c1-8-3-5-9(6-4-8)11-12(20-14-13-11)19(16,17)7-10(15)18-2/h3-6H,7H2,1-2H3. The molecule has 0 aliphatic heterocycles. The molecule has 0 unspecified atom stereocenters. The number of methoxy groups -OCH3 is 1. The predicted octanol–water partition coefficient (Wildman–Crippen LogP) is 0.456. The van der Waals surface area contributed by atoms with E-state index in [0.29, 0.717) is 11.3 Å². The number of esters is 1. The van der Waals surface area contributed by atoms with Gasteiger partial charge in [0.1, 0.15) is 0 Å².